The highest BCUT2D eigenvalue weighted by Gasteiger charge is 2.61. The number of hydrogen-bond donors (Lipinski definition) is 0. The summed E-state index contributed by atoms with van der Waals surface area (Å²) in [7, 11) is 0. The molecule has 228 valence electrons. The van der Waals surface area contributed by atoms with Gasteiger partial charge in [0.05, 0.1) is 28.4 Å². The van der Waals surface area contributed by atoms with Gasteiger partial charge in [0.2, 0.25) is 17.7 Å². The van der Waals surface area contributed by atoms with Crippen molar-refractivity contribution in [3.63, 3.8) is 0 Å². The number of benzene rings is 4. The zero-order chi connectivity index (χ0) is 31.9. The Morgan fingerprint density at radius 3 is 1.85 bits per heavy atom. The SMILES string of the molecule is Cc1cc(OC(=O)[C@H]2CC(=O)N(c3ccc([N+](=O)[O-])cc3)C2)ccc1N1C(=O)[C@@H]2C3c4ccccc4C(c4ccccc43)[C@@H]2C1=O. The van der Waals surface area contributed by atoms with Crippen LogP contribution in [0.25, 0.3) is 0 Å². The summed E-state index contributed by atoms with van der Waals surface area (Å²) >= 11 is 0. The van der Waals surface area contributed by atoms with E-state index in [9.17, 15) is 29.3 Å². The minimum absolute atomic E-state index is 0.0560. The van der Waals surface area contributed by atoms with Crippen LogP contribution in [-0.2, 0) is 19.2 Å². The van der Waals surface area contributed by atoms with E-state index in [-0.39, 0.29) is 54.0 Å². The van der Waals surface area contributed by atoms with E-state index in [1.165, 1.54) is 34.1 Å². The molecule has 3 amide bonds. The number of ether oxygens (including phenoxy) is 1. The molecule has 0 N–H and O–H groups in total. The molecule has 2 fully saturated rings. The van der Waals surface area contributed by atoms with E-state index in [0.717, 1.165) is 22.3 Å². The van der Waals surface area contributed by atoms with Gasteiger partial charge in [-0.2, -0.15) is 0 Å². The Morgan fingerprint density at radius 2 is 1.35 bits per heavy atom. The molecule has 0 unspecified atom stereocenters. The molecule has 10 heteroatoms. The number of aryl methyl sites for hydroxylation is 1. The first-order chi connectivity index (χ1) is 22.2. The first kappa shape index (κ1) is 27.9. The average Bonchev–Trinajstić information content (AvgIpc) is 3.58. The van der Waals surface area contributed by atoms with Gasteiger partial charge in [-0.05, 0) is 65.1 Å². The molecule has 46 heavy (non-hydrogen) atoms. The van der Waals surface area contributed by atoms with E-state index in [1.807, 2.05) is 24.3 Å². The van der Waals surface area contributed by atoms with Crippen molar-refractivity contribution < 1.29 is 28.8 Å². The van der Waals surface area contributed by atoms with Gasteiger partial charge < -0.3 is 9.64 Å². The fourth-order valence-corrected chi connectivity index (χ4v) is 7.93. The number of carbonyl (C=O) groups is 4. The maximum atomic E-state index is 14.1. The fraction of sp³-hybridized carbons (Fsp3) is 0.222. The number of rotatable bonds is 5. The van der Waals surface area contributed by atoms with Gasteiger partial charge in [-0.25, -0.2) is 4.90 Å². The number of imide groups is 1. The summed E-state index contributed by atoms with van der Waals surface area (Å²) in [6.07, 6.45) is -0.0560. The molecule has 0 radical (unpaired) electrons. The van der Waals surface area contributed by atoms with Crippen molar-refractivity contribution >= 4 is 40.8 Å². The Balaban J connectivity index is 1.02. The van der Waals surface area contributed by atoms with Crippen LogP contribution in [0.2, 0.25) is 0 Å². The minimum atomic E-state index is -0.730. The van der Waals surface area contributed by atoms with Gasteiger partial charge in [0, 0.05) is 42.6 Å². The van der Waals surface area contributed by atoms with Crippen LogP contribution >= 0.6 is 0 Å². The summed E-state index contributed by atoms with van der Waals surface area (Å²) in [6, 6.07) is 26.6. The van der Waals surface area contributed by atoms with Crippen molar-refractivity contribution in [2.45, 2.75) is 25.2 Å². The average molecular weight is 614 g/mol. The molecule has 9 rings (SSSR count). The Bertz CT molecular complexity index is 1890. The number of nitro benzene ring substituents is 1. The first-order valence-electron chi connectivity index (χ1n) is 15.2. The van der Waals surface area contributed by atoms with E-state index in [2.05, 4.69) is 24.3 Å². The standard InChI is InChI=1S/C36H27N3O7/c1-19-16-23(46-36(43)20-17-29(40)37(18-20)21-10-12-22(13-11-21)39(44)45)14-15-28(19)38-34(41)32-30-24-6-2-3-7-25(24)31(33(32)35(38)42)27-9-5-4-8-26(27)30/h2-16,20,30-33H,17-18H2,1H3/t20-,30?,31?,32-,33+/m0/s1. The maximum absolute atomic E-state index is 14.1. The zero-order valence-corrected chi connectivity index (χ0v) is 24.7. The zero-order valence-electron chi connectivity index (χ0n) is 24.7. The topological polar surface area (TPSA) is 127 Å². The molecular weight excluding hydrogens is 586 g/mol. The molecule has 3 atom stereocenters. The predicted octanol–water partition coefficient (Wildman–Crippen LogP) is 5.26. The lowest BCUT2D eigenvalue weighted by Gasteiger charge is -2.45. The smallest absolute Gasteiger partial charge is 0.316 e. The highest BCUT2D eigenvalue weighted by atomic mass is 16.6. The second-order valence-corrected chi connectivity index (χ2v) is 12.3. The predicted molar refractivity (Wildman–Crippen MR) is 166 cm³/mol. The van der Waals surface area contributed by atoms with E-state index in [0.29, 0.717) is 16.9 Å². The molecule has 4 aromatic rings. The highest BCUT2D eigenvalue weighted by molar-refractivity contribution is 6.23. The molecule has 2 bridgehead atoms. The molecule has 2 saturated heterocycles. The van der Waals surface area contributed by atoms with Gasteiger partial charge in [-0.1, -0.05) is 48.5 Å². The molecule has 4 aromatic carbocycles. The molecular formula is C36H27N3O7. The monoisotopic (exact) mass is 613 g/mol. The molecule has 0 saturated carbocycles. The number of esters is 1. The van der Waals surface area contributed by atoms with Crippen LogP contribution in [0.15, 0.2) is 91.0 Å². The number of anilines is 2. The molecule has 2 aliphatic heterocycles. The van der Waals surface area contributed by atoms with Crippen LogP contribution in [0, 0.1) is 34.8 Å². The number of nitro groups is 1. The van der Waals surface area contributed by atoms with Crippen molar-refractivity contribution in [1.82, 2.24) is 0 Å². The van der Waals surface area contributed by atoms with E-state index in [4.69, 9.17) is 4.74 Å². The van der Waals surface area contributed by atoms with Gasteiger partial charge in [0.15, 0.2) is 0 Å². The third-order valence-corrected chi connectivity index (χ3v) is 9.91. The summed E-state index contributed by atoms with van der Waals surface area (Å²) < 4.78 is 5.66. The molecule has 5 aliphatic rings. The quantitative estimate of drug-likeness (QED) is 0.0988. The number of non-ortho nitro benzene ring substituents is 1. The van der Waals surface area contributed by atoms with Crippen LogP contribution in [0.4, 0.5) is 17.1 Å². The van der Waals surface area contributed by atoms with E-state index < -0.39 is 28.6 Å². The Morgan fingerprint density at radius 1 is 0.804 bits per heavy atom. The molecule has 3 aliphatic carbocycles. The lowest BCUT2D eigenvalue weighted by molar-refractivity contribution is -0.384. The Kier molecular flexibility index (Phi) is 6.18. The lowest BCUT2D eigenvalue weighted by Crippen LogP contribution is -2.41. The molecule has 10 nitrogen and oxygen atoms in total. The third kappa shape index (κ3) is 4.02. The van der Waals surface area contributed by atoms with Crippen molar-refractivity contribution in [2.24, 2.45) is 17.8 Å². The second kappa shape index (κ2) is 10.2. The van der Waals surface area contributed by atoms with Crippen molar-refractivity contribution in [2.75, 3.05) is 16.3 Å². The number of nitrogens with zero attached hydrogens (tertiary/aromatic N) is 3. The largest absolute Gasteiger partial charge is 0.426 e. The van der Waals surface area contributed by atoms with Crippen molar-refractivity contribution in [3.8, 4) is 5.75 Å². The minimum Gasteiger partial charge on any atom is -0.426 e. The van der Waals surface area contributed by atoms with Gasteiger partial charge in [-0.15, -0.1) is 0 Å². The summed E-state index contributed by atoms with van der Waals surface area (Å²) in [6.45, 7) is 1.85. The number of carbonyl (C=O) groups excluding carboxylic acids is 4. The van der Waals surface area contributed by atoms with Gasteiger partial charge >= 0.3 is 5.97 Å². The summed E-state index contributed by atoms with van der Waals surface area (Å²) in [4.78, 5) is 67.2. The number of amides is 3. The fourth-order valence-electron chi connectivity index (χ4n) is 7.93. The van der Waals surface area contributed by atoms with Crippen LogP contribution in [-0.4, -0.2) is 35.2 Å². The van der Waals surface area contributed by atoms with Crippen LogP contribution in [0.3, 0.4) is 0 Å². The normalized spacial score (nSPS) is 24.1. The number of hydrogen-bond acceptors (Lipinski definition) is 7. The third-order valence-electron chi connectivity index (χ3n) is 9.91. The van der Waals surface area contributed by atoms with Crippen LogP contribution in [0.5, 0.6) is 5.75 Å². The second-order valence-electron chi connectivity index (χ2n) is 12.3. The molecule has 0 aromatic heterocycles. The molecule has 0 spiro atoms. The van der Waals surface area contributed by atoms with Gasteiger partial charge in [0.25, 0.3) is 5.69 Å². The van der Waals surface area contributed by atoms with Gasteiger partial charge in [-0.3, -0.25) is 29.3 Å². The van der Waals surface area contributed by atoms with Crippen LogP contribution < -0.4 is 14.5 Å². The summed E-state index contributed by atoms with van der Waals surface area (Å²) in [5.41, 5.74) is 5.84. The Labute approximate surface area is 263 Å². The van der Waals surface area contributed by atoms with E-state index >= 15 is 0 Å². The van der Waals surface area contributed by atoms with Crippen molar-refractivity contribution in [1.29, 1.82) is 0 Å². The summed E-state index contributed by atoms with van der Waals surface area (Å²) in [5, 5.41) is 11.0. The van der Waals surface area contributed by atoms with E-state index in [1.54, 1.807) is 25.1 Å². The maximum Gasteiger partial charge on any atom is 0.316 e. The Hall–Kier alpha value is -5.64. The first-order valence-corrected chi connectivity index (χ1v) is 15.2. The van der Waals surface area contributed by atoms with Gasteiger partial charge in [0.1, 0.15) is 5.75 Å². The lowest BCUT2D eigenvalue weighted by atomic mass is 9.55. The molecule has 2 heterocycles. The van der Waals surface area contributed by atoms with Crippen molar-refractivity contribution in [3.05, 3.63) is 129 Å². The van der Waals surface area contributed by atoms with Crippen LogP contribution in [0.1, 0.15) is 46.1 Å². The summed E-state index contributed by atoms with van der Waals surface area (Å²) in [5.74, 6) is -3.22. The highest BCUT2D eigenvalue weighted by Crippen LogP contribution is 2.61.